The number of carbonyl (C=O) groups is 1. The van der Waals surface area contributed by atoms with Gasteiger partial charge in [0.25, 0.3) is 0 Å². The number of carbonyl (C=O) groups excluding carboxylic acids is 1. The van der Waals surface area contributed by atoms with E-state index < -0.39 is 0 Å². The zero-order valence-corrected chi connectivity index (χ0v) is 14.2. The molecule has 0 aromatic heterocycles. The molecule has 1 aliphatic heterocycles. The first-order valence-electron chi connectivity index (χ1n) is 8.66. The van der Waals surface area contributed by atoms with Crippen LogP contribution in [0, 0.1) is 6.92 Å². The van der Waals surface area contributed by atoms with Gasteiger partial charge in [-0.1, -0.05) is 17.7 Å². The van der Waals surface area contributed by atoms with E-state index >= 15 is 0 Å². The Kier molecular flexibility index (Phi) is 5.36. The zero-order chi connectivity index (χ0) is 16.8. The highest BCUT2D eigenvalue weighted by Gasteiger charge is 2.10. The number of anilines is 3. The molecule has 0 unspecified atom stereocenters. The van der Waals surface area contributed by atoms with Crippen molar-refractivity contribution < 1.29 is 4.79 Å². The van der Waals surface area contributed by atoms with Crippen LogP contribution in [0.3, 0.4) is 0 Å². The van der Waals surface area contributed by atoms with E-state index in [2.05, 4.69) is 27.7 Å². The fourth-order valence-corrected chi connectivity index (χ4v) is 2.97. The van der Waals surface area contributed by atoms with Crippen LogP contribution in [0.25, 0.3) is 0 Å². The fourth-order valence-electron chi connectivity index (χ4n) is 2.97. The second-order valence-electron chi connectivity index (χ2n) is 6.36. The molecule has 0 radical (unpaired) electrons. The summed E-state index contributed by atoms with van der Waals surface area (Å²) in [6.45, 7) is 4.58. The Bertz CT molecular complexity index is 658. The number of piperidine rings is 1. The molecule has 2 aromatic carbocycles. The number of hydrogen-bond donors (Lipinski definition) is 2. The molecule has 0 aliphatic carbocycles. The van der Waals surface area contributed by atoms with E-state index in [1.807, 2.05) is 43.3 Å². The summed E-state index contributed by atoms with van der Waals surface area (Å²) in [4.78, 5) is 14.4. The molecular weight excluding hydrogens is 298 g/mol. The molecule has 24 heavy (non-hydrogen) atoms. The normalized spacial score (nSPS) is 14.3. The van der Waals surface area contributed by atoms with Gasteiger partial charge in [0.05, 0.1) is 6.54 Å². The van der Waals surface area contributed by atoms with Crippen LogP contribution in [0.2, 0.25) is 0 Å². The predicted molar refractivity (Wildman–Crippen MR) is 101 cm³/mol. The molecule has 2 aromatic rings. The van der Waals surface area contributed by atoms with Crippen LogP contribution >= 0.6 is 0 Å². The topological polar surface area (TPSA) is 44.4 Å². The van der Waals surface area contributed by atoms with Gasteiger partial charge in [-0.15, -0.1) is 0 Å². The van der Waals surface area contributed by atoms with Gasteiger partial charge in [0.1, 0.15) is 0 Å². The molecule has 126 valence electrons. The quantitative estimate of drug-likeness (QED) is 0.873. The molecular formula is C20H25N3O. The molecule has 0 atom stereocenters. The second-order valence-corrected chi connectivity index (χ2v) is 6.36. The van der Waals surface area contributed by atoms with Gasteiger partial charge in [-0.3, -0.25) is 4.79 Å². The first-order chi connectivity index (χ1) is 11.7. The van der Waals surface area contributed by atoms with Gasteiger partial charge in [-0.2, -0.15) is 0 Å². The second kappa shape index (κ2) is 7.86. The molecule has 0 spiro atoms. The lowest BCUT2D eigenvalue weighted by atomic mass is 10.1. The van der Waals surface area contributed by atoms with Crippen LogP contribution in [0.4, 0.5) is 17.1 Å². The number of amides is 1. The Morgan fingerprint density at radius 2 is 1.54 bits per heavy atom. The van der Waals surface area contributed by atoms with Gasteiger partial charge < -0.3 is 15.5 Å². The van der Waals surface area contributed by atoms with Crippen LogP contribution in [0.1, 0.15) is 24.8 Å². The highest BCUT2D eigenvalue weighted by Crippen LogP contribution is 2.21. The molecule has 1 amide bonds. The standard InChI is InChI=1S/C20H25N3O/c1-16-5-7-18(8-6-16)22-20(24)15-21-17-9-11-19(12-10-17)23-13-3-2-4-14-23/h5-12,21H,2-4,13-15H2,1H3,(H,22,24). The third-order valence-corrected chi connectivity index (χ3v) is 4.38. The Morgan fingerprint density at radius 3 is 2.21 bits per heavy atom. The lowest BCUT2D eigenvalue weighted by molar-refractivity contribution is -0.114. The van der Waals surface area contributed by atoms with Crippen LogP contribution in [-0.2, 0) is 4.79 Å². The molecule has 1 saturated heterocycles. The summed E-state index contributed by atoms with van der Waals surface area (Å²) in [5, 5.41) is 6.07. The molecule has 3 rings (SSSR count). The van der Waals surface area contributed by atoms with Gasteiger partial charge in [-0.05, 0) is 62.6 Å². The first-order valence-corrected chi connectivity index (χ1v) is 8.66. The average molecular weight is 323 g/mol. The Labute approximate surface area is 143 Å². The number of nitrogens with zero attached hydrogens (tertiary/aromatic N) is 1. The minimum Gasteiger partial charge on any atom is -0.376 e. The van der Waals surface area contributed by atoms with Crippen molar-refractivity contribution >= 4 is 23.0 Å². The minimum absolute atomic E-state index is 0.0426. The van der Waals surface area contributed by atoms with Gasteiger partial charge >= 0.3 is 0 Å². The number of hydrogen-bond acceptors (Lipinski definition) is 3. The lowest BCUT2D eigenvalue weighted by Crippen LogP contribution is -2.29. The van der Waals surface area contributed by atoms with E-state index in [1.54, 1.807) is 0 Å². The fraction of sp³-hybridized carbons (Fsp3) is 0.350. The van der Waals surface area contributed by atoms with E-state index in [-0.39, 0.29) is 12.5 Å². The summed E-state index contributed by atoms with van der Waals surface area (Å²) in [7, 11) is 0. The van der Waals surface area contributed by atoms with E-state index in [0.717, 1.165) is 24.5 Å². The van der Waals surface area contributed by atoms with Crippen LogP contribution in [-0.4, -0.2) is 25.5 Å². The van der Waals surface area contributed by atoms with Crippen molar-refractivity contribution in [2.75, 3.05) is 35.2 Å². The largest absolute Gasteiger partial charge is 0.376 e. The van der Waals surface area contributed by atoms with Crippen molar-refractivity contribution in [1.29, 1.82) is 0 Å². The molecule has 0 saturated carbocycles. The molecule has 1 heterocycles. The third-order valence-electron chi connectivity index (χ3n) is 4.38. The third kappa shape index (κ3) is 4.51. The summed E-state index contributed by atoms with van der Waals surface area (Å²) in [5.41, 5.74) is 4.24. The van der Waals surface area contributed by atoms with E-state index in [9.17, 15) is 4.79 Å². The first kappa shape index (κ1) is 16.4. The van der Waals surface area contributed by atoms with Crippen molar-refractivity contribution in [2.24, 2.45) is 0 Å². The van der Waals surface area contributed by atoms with Crippen molar-refractivity contribution in [3.05, 3.63) is 54.1 Å². The molecule has 1 aliphatic rings. The Balaban J connectivity index is 1.49. The van der Waals surface area contributed by atoms with E-state index in [1.165, 1.54) is 30.5 Å². The molecule has 0 bridgehead atoms. The minimum atomic E-state index is -0.0426. The van der Waals surface area contributed by atoms with Crippen molar-refractivity contribution in [3.8, 4) is 0 Å². The highest BCUT2D eigenvalue weighted by atomic mass is 16.1. The molecule has 4 heteroatoms. The van der Waals surface area contributed by atoms with Crippen LogP contribution in [0.15, 0.2) is 48.5 Å². The molecule has 1 fully saturated rings. The predicted octanol–water partition coefficient (Wildman–Crippen LogP) is 4.04. The SMILES string of the molecule is Cc1ccc(NC(=O)CNc2ccc(N3CCCCC3)cc2)cc1. The monoisotopic (exact) mass is 323 g/mol. The number of rotatable bonds is 5. The average Bonchev–Trinajstić information content (AvgIpc) is 2.63. The highest BCUT2D eigenvalue weighted by molar-refractivity contribution is 5.93. The van der Waals surface area contributed by atoms with Crippen molar-refractivity contribution in [3.63, 3.8) is 0 Å². The van der Waals surface area contributed by atoms with Crippen LogP contribution < -0.4 is 15.5 Å². The summed E-state index contributed by atoms with van der Waals surface area (Å²) in [5.74, 6) is -0.0426. The van der Waals surface area contributed by atoms with Gasteiger partial charge in [-0.25, -0.2) is 0 Å². The van der Waals surface area contributed by atoms with E-state index in [0.29, 0.717) is 0 Å². The van der Waals surface area contributed by atoms with Crippen LogP contribution in [0.5, 0.6) is 0 Å². The van der Waals surface area contributed by atoms with Crippen molar-refractivity contribution in [2.45, 2.75) is 26.2 Å². The molecule has 4 nitrogen and oxygen atoms in total. The van der Waals surface area contributed by atoms with Gasteiger partial charge in [0.15, 0.2) is 0 Å². The summed E-state index contributed by atoms with van der Waals surface area (Å²) in [6, 6.07) is 16.2. The number of nitrogens with one attached hydrogen (secondary N) is 2. The van der Waals surface area contributed by atoms with Gasteiger partial charge in [0, 0.05) is 30.2 Å². The molecule has 2 N–H and O–H groups in total. The maximum Gasteiger partial charge on any atom is 0.243 e. The lowest BCUT2D eigenvalue weighted by Gasteiger charge is -2.28. The zero-order valence-electron chi connectivity index (χ0n) is 14.2. The van der Waals surface area contributed by atoms with Crippen molar-refractivity contribution in [1.82, 2.24) is 0 Å². The number of aryl methyl sites for hydroxylation is 1. The maximum absolute atomic E-state index is 12.0. The van der Waals surface area contributed by atoms with E-state index in [4.69, 9.17) is 0 Å². The Hall–Kier alpha value is -2.49. The smallest absolute Gasteiger partial charge is 0.243 e. The summed E-state index contributed by atoms with van der Waals surface area (Å²) < 4.78 is 0. The van der Waals surface area contributed by atoms with Gasteiger partial charge in [0.2, 0.25) is 5.91 Å². The number of benzene rings is 2. The maximum atomic E-state index is 12.0. The summed E-state index contributed by atoms with van der Waals surface area (Å²) in [6.07, 6.45) is 3.89. The summed E-state index contributed by atoms with van der Waals surface area (Å²) >= 11 is 0. The Morgan fingerprint density at radius 1 is 0.917 bits per heavy atom.